The number of aliphatic carboxylic acids is 1. The van der Waals surface area contributed by atoms with Crippen molar-refractivity contribution >= 4 is 17.7 Å². The minimum absolute atomic E-state index is 0.171. The predicted octanol–water partition coefficient (Wildman–Crippen LogP) is 1.77. The second kappa shape index (κ2) is 3.43. The van der Waals surface area contributed by atoms with Gasteiger partial charge in [0.15, 0.2) is 0 Å². The van der Waals surface area contributed by atoms with Crippen LogP contribution in [0.25, 0.3) is 0 Å². The van der Waals surface area contributed by atoms with Crippen molar-refractivity contribution in [1.82, 2.24) is 0 Å². The summed E-state index contributed by atoms with van der Waals surface area (Å²) in [5.41, 5.74) is -0.256. The molecule has 0 aromatic carbocycles. The third kappa shape index (κ3) is 1.77. The highest BCUT2D eigenvalue weighted by molar-refractivity contribution is 7.99. The van der Waals surface area contributed by atoms with Gasteiger partial charge in [-0.05, 0) is 12.2 Å². The first kappa shape index (κ1) is 9.51. The summed E-state index contributed by atoms with van der Waals surface area (Å²) in [5, 5.41) is 8.20. The van der Waals surface area contributed by atoms with Gasteiger partial charge in [-0.1, -0.05) is 6.08 Å². The molecule has 1 aliphatic rings. The quantitative estimate of drug-likeness (QED) is 0.681. The number of rotatable bonds is 2. The summed E-state index contributed by atoms with van der Waals surface area (Å²) in [6.45, 7) is 0. The summed E-state index contributed by atoms with van der Waals surface area (Å²) in [7, 11) is 0. The van der Waals surface area contributed by atoms with E-state index in [1.54, 1.807) is 0 Å². The Morgan fingerprint density at radius 2 is 2.33 bits per heavy atom. The number of halogens is 2. The number of hydrogen-bond donors (Lipinski definition) is 1. The van der Waals surface area contributed by atoms with Crippen molar-refractivity contribution < 1.29 is 18.7 Å². The molecule has 5 heteroatoms. The Labute approximate surface area is 72.6 Å². The molecule has 0 aliphatic carbocycles. The fourth-order valence-electron chi connectivity index (χ4n) is 0.950. The van der Waals surface area contributed by atoms with E-state index >= 15 is 0 Å². The van der Waals surface area contributed by atoms with E-state index in [0.717, 1.165) is 0 Å². The summed E-state index contributed by atoms with van der Waals surface area (Å²) >= 11 is 1.52. The number of thioether (sulfide) groups is 1. The van der Waals surface area contributed by atoms with Crippen molar-refractivity contribution in [3.63, 3.8) is 0 Å². The van der Waals surface area contributed by atoms with Crippen molar-refractivity contribution in [2.45, 2.75) is 12.3 Å². The minimum Gasteiger partial charge on any atom is -0.477 e. The highest BCUT2D eigenvalue weighted by Gasteiger charge is 2.42. The van der Waals surface area contributed by atoms with Gasteiger partial charge in [-0.2, -0.15) is 20.5 Å². The number of hydrogen-bond acceptors (Lipinski definition) is 2. The molecule has 12 heavy (non-hydrogen) atoms. The van der Waals surface area contributed by atoms with E-state index in [0.29, 0.717) is 11.5 Å². The molecule has 68 valence electrons. The molecule has 1 rings (SSSR count). The van der Waals surface area contributed by atoms with Crippen LogP contribution < -0.4 is 0 Å². The highest BCUT2D eigenvalue weighted by Crippen LogP contribution is 2.31. The number of alkyl halides is 2. The van der Waals surface area contributed by atoms with Crippen LogP contribution in [0.3, 0.4) is 0 Å². The largest absolute Gasteiger partial charge is 0.477 e. The molecular weight excluding hydrogens is 186 g/mol. The van der Waals surface area contributed by atoms with Crippen LogP contribution in [0.1, 0.15) is 6.42 Å². The van der Waals surface area contributed by atoms with Gasteiger partial charge in [0.25, 0.3) is 0 Å². The standard InChI is InChI=1S/C7H8F2O2S/c8-7(9,6(10)11)5-1-3-12-4-2-5/h1H,2-4H2,(H,10,11). The molecule has 0 atom stereocenters. The van der Waals surface area contributed by atoms with Gasteiger partial charge >= 0.3 is 11.9 Å². The topological polar surface area (TPSA) is 37.3 Å². The third-order valence-electron chi connectivity index (χ3n) is 1.64. The lowest BCUT2D eigenvalue weighted by Gasteiger charge is -2.18. The van der Waals surface area contributed by atoms with Crippen LogP contribution >= 0.6 is 11.8 Å². The van der Waals surface area contributed by atoms with E-state index in [9.17, 15) is 13.6 Å². The second-order valence-corrected chi connectivity index (χ2v) is 3.58. The summed E-state index contributed by atoms with van der Waals surface area (Å²) in [6.07, 6.45) is 1.48. The molecule has 1 N–H and O–H groups in total. The number of carboxylic acid groups (broad SMARTS) is 1. The van der Waals surface area contributed by atoms with Crippen LogP contribution in [0, 0.1) is 0 Å². The molecule has 2 nitrogen and oxygen atoms in total. The Morgan fingerprint density at radius 3 is 2.75 bits per heavy atom. The maximum Gasteiger partial charge on any atom is 0.379 e. The summed E-state index contributed by atoms with van der Waals surface area (Å²) in [5.74, 6) is -4.66. The lowest BCUT2D eigenvalue weighted by molar-refractivity contribution is -0.159. The first-order valence-corrected chi connectivity index (χ1v) is 4.59. The fraction of sp³-hybridized carbons (Fsp3) is 0.571. The van der Waals surface area contributed by atoms with Crippen molar-refractivity contribution in [1.29, 1.82) is 0 Å². The first-order valence-electron chi connectivity index (χ1n) is 3.43. The van der Waals surface area contributed by atoms with Crippen molar-refractivity contribution in [2.75, 3.05) is 11.5 Å². The van der Waals surface area contributed by atoms with Gasteiger partial charge in [0.1, 0.15) is 0 Å². The molecule has 0 fully saturated rings. The minimum atomic E-state index is -3.67. The molecule has 0 saturated heterocycles. The Morgan fingerprint density at radius 1 is 1.67 bits per heavy atom. The van der Waals surface area contributed by atoms with Gasteiger partial charge in [-0.25, -0.2) is 4.79 Å². The SMILES string of the molecule is O=C(O)C(F)(F)C1=CCSCC1. The summed E-state index contributed by atoms with van der Waals surface area (Å²) in [4.78, 5) is 10.1. The van der Waals surface area contributed by atoms with Gasteiger partial charge < -0.3 is 5.11 Å². The zero-order chi connectivity index (χ0) is 9.19. The maximum absolute atomic E-state index is 12.8. The van der Waals surface area contributed by atoms with Gasteiger partial charge in [0.2, 0.25) is 0 Å². The molecule has 0 spiro atoms. The van der Waals surface area contributed by atoms with E-state index in [1.165, 1.54) is 17.8 Å². The lowest BCUT2D eigenvalue weighted by Crippen LogP contribution is -2.31. The lowest BCUT2D eigenvalue weighted by atomic mass is 10.1. The van der Waals surface area contributed by atoms with Crippen LogP contribution in [0.4, 0.5) is 8.78 Å². The average Bonchev–Trinajstić information content (AvgIpc) is 2.06. The first-order chi connectivity index (χ1) is 5.55. The number of carbonyl (C=O) groups is 1. The van der Waals surface area contributed by atoms with E-state index in [2.05, 4.69) is 0 Å². The van der Waals surface area contributed by atoms with E-state index < -0.39 is 11.9 Å². The Balaban J connectivity index is 2.79. The van der Waals surface area contributed by atoms with Crippen molar-refractivity contribution in [3.8, 4) is 0 Å². The van der Waals surface area contributed by atoms with E-state index in [1.807, 2.05) is 0 Å². The Bertz CT molecular complexity index is 225. The Kier molecular flexibility index (Phi) is 2.72. The van der Waals surface area contributed by atoms with Crippen LogP contribution in [0.5, 0.6) is 0 Å². The molecule has 0 unspecified atom stereocenters. The number of carboxylic acids is 1. The molecule has 0 aromatic heterocycles. The average molecular weight is 194 g/mol. The van der Waals surface area contributed by atoms with Gasteiger partial charge in [0.05, 0.1) is 0 Å². The highest BCUT2D eigenvalue weighted by atomic mass is 32.2. The molecule has 1 heterocycles. The predicted molar refractivity (Wildman–Crippen MR) is 42.6 cm³/mol. The smallest absolute Gasteiger partial charge is 0.379 e. The Hall–Kier alpha value is -0.580. The van der Waals surface area contributed by atoms with Gasteiger partial charge in [0, 0.05) is 11.3 Å². The van der Waals surface area contributed by atoms with E-state index in [4.69, 9.17) is 5.11 Å². The maximum atomic E-state index is 12.8. The third-order valence-corrected chi connectivity index (χ3v) is 2.53. The van der Waals surface area contributed by atoms with Gasteiger partial charge in [-0.3, -0.25) is 0 Å². The zero-order valence-electron chi connectivity index (χ0n) is 6.22. The molecule has 0 radical (unpaired) electrons. The zero-order valence-corrected chi connectivity index (χ0v) is 7.03. The molecular formula is C7H8F2O2S. The van der Waals surface area contributed by atoms with E-state index in [-0.39, 0.29) is 12.0 Å². The second-order valence-electron chi connectivity index (χ2n) is 2.43. The van der Waals surface area contributed by atoms with Crippen molar-refractivity contribution in [3.05, 3.63) is 11.6 Å². The normalized spacial score (nSPS) is 18.7. The summed E-state index contributed by atoms with van der Waals surface area (Å²) < 4.78 is 25.5. The summed E-state index contributed by atoms with van der Waals surface area (Å²) in [6, 6.07) is 0. The van der Waals surface area contributed by atoms with Gasteiger partial charge in [-0.15, -0.1) is 0 Å². The molecule has 0 saturated carbocycles. The monoisotopic (exact) mass is 194 g/mol. The molecule has 0 aromatic rings. The van der Waals surface area contributed by atoms with Crippen LogP contribution in [0.15, 0.2) is 11.6 Å². The van der Waals surface area contributed by atoms with Crippen molar-refractivity contribution in [2.24, 2.45) is 0 Å². The molecule has 0 amide bonds. The van der Waals surface area contributed by atoms with Crippen LogP contribution in [-0.4, -0.2) is 28.5 Å². The fourth-order valence-corrected chi connectivity index (χ4v) is 1.80. The van der Waals surface area contributed by atoms with Crippen LogP contribution in [-0.2, 0) is 4.79 Å². The molecule has 0 bridgehead atoms. The van der Waals surface area contributed by atoms with Crippen LogP contribution in [0.2, 0.25) is 0 Å². The molecule has 1 aliphatic heterocycles.